The number of hydrogen-bond donors (Lipinski definition) is 2. The van der Waals surface area contributed by atoms with Crippen LogP contribution in [-0.4, -0.2) is 54.2 Å². The highest BCUT2D eigenvalue weighted by Crippen LogP contribution is 2.21. The number of amides is 2. The lowest BCUT2D eigenvalue weighted by Crippen LogP contribution is -2.45. The summed E-state index contributed by atoms with van der Waals surface area (Å²) in [5.41, 5.74) is 0.892. The molecular formula is C17H23ClN2O4. The lowest BCUT2D eigenvalue weighted by Gasteiger charge is -2.26. The number of aliphatic hydroxyl groups is 1. The molecule has 0 unspecified atom stereocenters. The van der Waals surface area contributed by atoms with Crippen LogP contribution in [0.3, 0.4) is 0 Å². The van der Waals surface area contributed by atoms with Crippen molar-refractivity contribution in [2.75, 3.05) is 26.2 Å². The SMILES string of the molecule is Cc1cc(OC[C@H](O)CNC(=O)CN2CCCCC2=O)ccc1Cl. The van der Waals surface area contributed by atoms with Crippen molar-refractivity contribution in [1.82, 2.24) is 10.2 Å². The van der Waals surface area contributed by atoms with Crippen LogP contribution in [0.4, 0.5) is 0 Å². The fourth-order valence-electron chi connectivity index (χ4n) is 2.45. The Balaban J connectivity index is 1.68. The number of rotatable bonds is 7. The minimum absolute atomic E-state index is 0.0124. The number of carbonyl (C=O) groups is 2. The summed E-state index contributed by atoms with van der Waals surface area (Å²) in [4.78, 5) is 25.0. The molecule has 0 spiro atoms. The van der Waals surface area contributed by atoms with Crippen molar-refractivity contribution in [3.05, 3.63) is 28.8 Å². The average molecular weight is 355 g/mol. The van der Waals surface area contributed by atoms with Crippen molar-refractivity contribution in [2.24, 2.45) is 0 Å². The zero-order valence-corrected chi connectivity index (χ0v) is 14.5. The van der Waals surface area contributed by atoms with E-state index in [1.807, 2.05) is 6.92 Å². The molecule has 0 bridgehead atoms. The molecule has 0 aromatic heterocycles. The molecule has 2 amide bonds. The molecule has 1 saturated heterocycles. The zero-order chi connectivity index (χ0) is 17.5. The molecule has 1 aliphatic heterocycles. The molecule has 6 nitrogen and oxygen atoms in total. The normalized spacial score (nSPS) is 16.0. The predicted octanol–water partition coefficient (Wildman–Crippen LogP) is 1.52. The van der Waals surface area contributed by atoms with Gasteiger partial charge in [-0.3, -0.25) is 9.59 Å². The molecule has 132 valence electrons. The Morgan fingerprint density at radius 1 is 1.46 bits per heavy atom. The number of halogens is 1. The maximum absolute atomic E-state index is 11.8. The minimum atomic E-state index is -0.831. The first kappa shape index (κ1) is 18.5. The molecular weight excluding hydrogens is 332 g/mol. The Hall–Kier alpha value is -1.79. The molecule has 1 atom stereocenters. The largest absolute Gasteiger partial charge is 0.491 e. The third-order valence-corrected chi connectivity index (χ3v) is 4.29. The van der Waals surface area contributed by atoms with Crippen molar-refractivity contribution in [3.8, 4) is 5.75 Å². The van der Waals surface area contributed by atoms with Crippen LogP contribution in [0.2, 0.25) is 5.02 Å². The summed E-state index contributed by atoms with van der Waals surface area (Å²) in [5.74, 6) is 0.353. The molecule has 7 heteroatoms. The van der Waals surface area contributed by atoms with Gasteiger partial charge in [-0.25, -0.2) is 0 Å². The van der Waals surface area contributed by atoms with E-state index in [2.05, 4.69) is 5.32 Å². The smallest absolute Gasteiger partial charge is 0.239 e. The van der Waals surface area contributed by atoms with Gasteiger partial charge in [0.15, 0.2) is 0 Å². The monoisotopic (exact) mass is 354 g/mol. The predicted molar refractivity (Wildman–Crippen MR) is 91.1 cm³/mol. The number of benzene rings is 1. The van der Waals surface area contributed by atoms with Gasteiger partial charge in [-0.2, -0.15) is 0 Å². The maximum atomic E-state index is 11.8. The summed E-state index contributed by atoms with van der Waals surface area (Å²) in [6, 6.07) is 5.24. The molecule has 0 aliphatic carbocycles. The fourth-order valence-corrected chi connectivity index (χ4v) is 2.57. The van der Waals surface area contributed by atoms with Gasteiger partial charge in [0.05, 0.1) is 6.54 Å². The van der Waals surface area contributed by atoms with Crippen LogP contribution in [0.25, 0.3) is 0 Å². The Morgan fingerprint density at radius 2 is 2.25 bits per heavy atom. The van der Waals surface area contributed by atoms with Gasteiger partial charge >= 0.3 is 0 Å². The van der Waals surface area contributed by atoms with Crippen LogP contribution in [0, 0.1) is 6.92 Å². The number of carbonyl (C=O) groups excluding carboxylic acids is 2. The summed E-state index contributed by atoms with van der Waals surface area (Å²) >= 11 is 5.94. The number of likely N-dealkylation sites (tertiary alicyclic amines) is 1. The number of piperidine rings is 1. The van der Waals surface area contributed by atoms with Crippen LogP contribution in [-0.2, 0) is 9.59 Å². The van der Waals surface area contributed by atoms with Crippen molar-refractivity contribution >= 4 is 23.4 Å². The molecule has 0 radical (unpaired) electrons. The minimum Gasteiger partial charge on any atom is -0.491 e. The molecule has 1 aliphatic rings. The Labute approximate surface area is 146 Å². The summed E-state index contributed by atoms with van der Waals surface area (Å²) < 4.78 is 5.48. The van der Waals surface area contributed by atoms with Gasteiger partial charge in [0, 0.05) is 24.5 Å². The first-order valence-corrected chi connectivity index (χ1v) is 8.45. The maximum Gasteiger partial charge on any atom is 0.239 e. The highest BCUT2D eigenvalue weighted by molar-refractivity contribution is 6.31. The van der Waals surface area contributed by atoms with E-state index in [9.17, 15) is 14.7 Å². The van der Waals surface area contributed by atoms with E-state index < -0.39 is 6.10 Å². The Kier molecular flexibility index (Phi) is 6.87. The van der Waals surface area contributed by atoms with Crippen molar-refractivity contribution in [2.45, 2.75) is 32.3 Å². The van der Waals surface area contributed by atoms with Crippen LogP contribution < -0.4 is 10.1 Å². The van der Waals surface area contributed by atoms with Gasteiger partial charge in [0.2, 0.25) is 11.8 Å². The van der Waals surface area contributed by atoms with Gasteiger partial charge in [-0.15, -0.1) is 0 Å². The van der Waals surface area contributed by atoms with Gasteiger partial charge < -0.3 is 20.1 Å². The van der Waals surface area contributed by atoms with Crippen molar-refractivity contribution in [3.63, 3.8) is 0 Å². The first-order valence-electron chi connectivity index (χ1n) is 8.07. The summed E-state index contributed by atoms with van der Waals surface area (Å²) in [5, 5.41) is 13.2. The molecule has 0 saturated carbocycles. The highest BCUT2D eigenvalue weighted by Gasteiger charge is 2.20. The number of hydrogen-bond acceptors (Lipinski definition) is 4. The van der Waals surface area contributed by atoms with E-state index in [1.165, 1.54) is 0 Å². The first-order chi connectivity index (χ1) is 11.5. The molecule has 1 heterocycles. The number of nitrogens with zero attached hydrogens (tertiary/aromatic N) is 1. The lowest BCUT2D eigenvalue weighted by atomic mass is 10.1. The summed E-state index contributed by atoms with van der Waals surface area (Å²) in [6.45, 7) is 2.67. The standard InChI is InChI=1S/C17H23ClN2O4/c1-12-8-14(5-6-15(12)18)24-11-13(21)9-19-16(22)10-20-7-3-2-4-17(20)23/h5-6,8,13,21H,2-4,7,9-11H2,1H3,(H,19,22)/t13-/m1/s1. The average Bonchev–Trinajstić information content (AvgIpc) is 2.56. The summed E-state index contributed by atoms with van der Waals surface area (Å²) in [7, 11) is 0. The van der Waals surface area contributed by atoms with E-state index in [4.69, 9.17) is 16.3 Å². The second-order valence-corrected chi connectivity index (χ2v) is 6.36. The Bertz CT molecular complexity index is 594. The number of nitrogens with one attached hydrogen (secondary N) is 1. The van der Waals surface area contributed by atoms with Crippen LogP contribution in [0.5, 0.6) is 5.75 Å². The molecule has 1 fully saturated rings. The second-order valence-electron chi connectivity index (χ2n) is 5.95. The van der Waals surface area contributed by atoms with Gasteiger partial charge in [0.25, 0.3) is 0 Å². The molecule has 1 aromatic rings. The molecule has 24 heavy (non-hydrogen) atoms. The van der Waals surface area contributed by atoms with E-state index in [0.29, 0.717) is 23.7 Å². The van der Waals surface area contributed by atoms with Crippen LogP contribution >= 0.6 is 11.6 Å². The lowest BCUT2D eigenvalue weighted by molar-refractivity contribution is -0.137. The molecule has 2 N–H and O–H groups in total. The van der Waals surface area contributed by atoms with Crippen LogP contribution in [0.1, 0.15) is 24.8 Å². The van der Waals surface area contributed by atoms with Crippen LogP contribution in [0.15, 0.2) is 18.2 Å². The van der Waals surface area contributed by atoms with Gasteiger partial charge in [-0.05, 0) is 43.5 Å². The third-order valence-electron chi connectivity index (χ3n) is 3.86. The van der Waals surface area contributed by atoms with Crippen molar-refractivity contribution in [1.29, 1.82) is 0 Å². The number of aryl methyl sites for hydroxylation is 1. The Morgan fingerprint density at radius 3 is 2.96 bits per heavy atom. The van der Waals surface area contributed by atoms with E-state index in [0.717, 1.165) is 18.4 Å². The number of aliphatic hydroxyl groups excluding tert-OH is 1. The topological polar surface area (TPSA) is 78.9 Å². The van der Waals surface area contributed by atoms with E-state index in [-0.39, 0.29) is 31.5 Å². The van der Waals surface area contributed by atoms with E-state index in [1.54, 1.807) is 23.1 Å². The quantitative estimate of drug-likeness (QED) is 0.778. The number of ether oxygens (including phenoxy) is 1. The molecule has 1 aromatic carbocycles. The summed E-state index contributed by atoms with van der Waals surface area (Å²) in [6.07, 6.45) is 1.49. The van der Waals surface area contributed by atoms with Gasteiger partial charge in [-0.1, -0.05) is 11.6 Å². The molecule has 2 rings (SSSR count). The van der Waals surface area contributed by atoms with Crippen molar-refractivity contribution < 1.29 is 19.4 Å². The fraction of sp³-hybridized carbons (Fsp3) is 0.529. The second kappa shape index (κ2) is 8.89. The zero-order valence-electron chi connectivity index (χ0n) is 13.8. The van der Waals surface area contributed by atoms with Gasteiger partial charge in [0.1, 0.15) is 18.5 Å². The highest BCUT2D eigenvalue weighted by atomic mass is 35.5. The van der Waals surface area contributed by atoms with E-state index >= 15 is 0 Å². The third kappa shape index (κ3) is 5.69.